The van der Waals surface area contributed by atoms with Crippen molar-refractivity contribution >= 4 is 0 Å². The molecule has 2 aliphatic carbocycles. The van der Waals surface area contributed by atoms with Crippen LogP contribution in [-0.4, -0.2) is 22.4 Å². The van der Waals surface area contributed by atoms with Gasteiger partial charge in [-0.3, -0.25) is 0 Å². The molecular weight excluding hydrogens is 152 g/mol. The van der Waals surface area contributed by atoms with Crippen molar-refractivity contribution in [3.8, 4) is 0 Å². The van der Waals surface area contributed by atoms with Gasteiger partial charge in [-0.25, -0.2) is 0 Å². The molecule has 0 aliphatic heterocycles. The summed E-state index contributed by atoms with van der Waals surface area (Å²) in [6.45, 7) is 6.23. The minimum absolute atomic E-state index is 0.00792. The molecule has 2 saturated carbocycles. The number of aliphatic hydroxyl groups is 2. The van der Waals surface area contributed by atoms with Crippen LogP contribution in [0.4, 0.5) is 0 Å². The van der Waals surface area contributed by atoms with Gasteiger partial charge in [-0.2, -0.15) is 0 Å². The van der Waals surface area contributed by atoms with E-state index in [4.69, 9.17) is 0 Å². The molecule has 2 rings (SSSR count). The van der Waals surface area contributed by atoms with Crippen LogP contribution >= 0.6 is 0 Å². The molecule has 4 atom stereocenters. The van der Waals surface area contributed by atoms with Crippen molar-refractivity contribution in [2.24, 2.45) is 16.7 Å². The van der Waals surface area contributed by atoms with Gasteiger partial charge in [0.25, 0.3) is 0 Å². The summed E-state index contributed by atoms with van der Waals surface area (Å²) in [5.41, 5.74) is -0.220. The first-order chi connectivity index (χ1) is 5.39. The van der Waals surface area contributed by atoms with E-state index in [-0.39, 0.29) is 23.0 Å². The van der Waals surface area contributed by atoms with Gasteiger partial charge in [0.15, 0.2) is 0 Å². The molecule has 0 aromatic rings. The summed E-state index contributed by atoms with van der Waals surface area (Å²) in [6, 6.07) is 0. The molecule has 0 heterocycles. The molecule has 2 fully saturated rings. The summed E-state index contributed by atoms with van der Waals surface area (Å²) in [4.78, 5) is 0. The average molecular weight is 170 g/mol. The first-order valence-electron chi connectivity index (χ1n) is 4.75. The average Bonchev–Trinajstić information content (AvgIpc) is 2.34. The normalized spacial score (nSPS) is 56.2. The molecule has 0 radical (unpaired) electrons. The molecule has 0 aromatic heterocycles. The molecule has 12 heavy (non-hydrogen) atoms. The van der Waals surface area contributed by atoms with Crippen molar-refractivity contribution in [2.45, 2.75) is 45.8 Å². The highest BCUT2D eigenvalue weighted by molar-refractivity contribution is 5.12. The zero-order chi connectivity index (χ0) is 9.15. The minimum Gasteiger partial charge on any atom is -0.392 e. The minimum atomic E-state index is -0.334. The van der Waals surface area contributed by atoms with E-state index in [1.807, 2.05) is 6.92 Å². The van der Waals surface area contributed by atoms with E-state index in [2.05, 4.69) is 13.8 Å². The van der Waals surface area contributed by atoms with Crippen molar-refractivity contribution in [1.29, 1.82) is 0 Å². The van der Waals surface area contributed by atoms with Crippen LogP contribution in [0, 0.1) is 16.7 Å². The number of rotatable bonds is 0. The third kappa shape index (κ3) is 0.728. The second-order valence-electron chi connectivity index (χ2n) is 5.38. The zero-order valence-corrected chi connectivity index (χ0v) is 8.04. The summed E-state index contributed by atoms with van der Waals surface area (Å²) in [7, 11) is 0. The van der Waals surface area contributed by atoms with Crippen molar-refractivity contribution in [3.63, 3.8) is 0 Å². The maximum absolute atomic E-state index is 10.0. The van der Waals surface area contributed by atoms with Crippen LogP contribution in [0.3, 0.4) is 0 Å². The van der Waals surface area contributed by atoms with Crippen molar-refractivity contribution < 1.29 is 10.2 Å². The fraction of sp³-hybridized carbons (Fsp3) is 1.00. The van der Waals surface area contributed by atoms with E-state index in [0.29, 0.717) is 5.92 Å². The maximum atomic E-state index is 10.0. The summed E-state index contributed by atoms with van der Waals surface area (Å²) in [5, 5.41) is 19.7. The fourth-order valence-corrected chi connectivity index (χ4v) is 3.22. The van der Waals surface area contributed by atoms with Crippen LogP contribution in [-0.2, 0) is 0 Å². The topological polar surface area (TPSA) is 40.5 Å². The molecule has 0 aromatic carbocycles. The second kappa shape index (κ2) is 2.05. The van der Waals surface area contributed by atoms with Gasteiger partial charge in [0.05, 0.1) is 12.2 Å². The molecule has 0 amide bonds. The Kier molecular flexibility index (Phi) is 1.45. The Balaban J connectivity index is 2.36. The first kappa shape index (κ1) is 8.52. The molecule has 2 bridgehead atoms. The summed E-state index contributed by atoms with van der Waals surface area (Å²) in [6.07, 6.45) is 1.24. The first-order valence-corrected chi connectivity index (χ1v) is 4.75. The molecule has 2 nitrogen and oxygen atoms in total. The standard InChI is InChI=1S/C10H18O2/c1-9(2)6-4-7(11)10(3,5-6)8(9)12/h6-8,11-12H,4-5H2,1-3H3/t6-,7+,8-,10-/m0/s1. The maximum Gasteiger partial charge on any atom is 0.0672 e. The number of aliphatic hydroxyl groups excluding tert-OH is 2. The lowest BCUT2D eigenvalue weighted by Crippen LogP contribution is -2.47. The predicted octanol–water partition coefficient (Wildman–Crippen LogP) is 1.16. The monoisotopic (exact) mass is 170 g/mol. The molecule has 2 aliphatic rings. The molecule has 2 N–H and O–H groups in total. The molecule has 0 spiro atoms. The molecule has 0 unspecified atom stereocenters. The van der Waals surface area contributed by atoms with E-state index in [1.54, 1.807) is 0 Å². The SMILES string of the molecule is CC1(C)[C@H]2C[C@@H](O)[C@](C)(C2)[C@H]1O. The Hall–Kier alpha value is -0.0800. The van der Waals surface area contributed by atoms with Gasteiger partial charge < -0.3 is 10.2 Å². The van der Waals surface area contributed by atoms with Crippen molar-refractivity contribution in [2.75, 3.05) is 0 Å². The van der Waals surface area contributed by atoms with E-state index in [0.717, 1.165) is 12.8 Å². The zero-order valence-electron chi connectivity index (χ0n) is 8.04. The van der Waals surface area contributed by atoms with Gasteiger partial charge in [-0.05, 0) is 24.2 Å². The van der Waals surface area contributed by atoms with Crippen molar-refractivity contribution in [1.82, 2.24) is 0 Å². The second-order valence-corrected chi connectivity index (χ2v) is 5.38. The Bertz CT molecular complexity index is 212. The third-order valence-corrected chi connectivity index (χ3v) is 4.34. The summed E-state index contributed by atoms with van der Waals surface area (Å²) in [5.74, 6) is 0.507. The highest BCUT2D eigenvalue weighted by atomic mass is 16.3. The highest BCUT2D eigenvalue weighted by Gasteiger charge is 2.63. The van der Waals surface area contributed by atoms with Gasteiger partial charge in [0.2, 0.25) is 0 Å². The summed E-state index contributed by atoms with van der Waals surface area (Å²) < 4.78 is 0. The largest absolute Gasteiger partial charge is 0.392 e. The van der Waals surface area contributed by atoms with Gasteiger partial charge in [0, 0.05) is 5.41 Å². The van der Waals surface area contributed by atoms with Gasteiger partial charge in [-0.1, -0.05) is 20.8 Å². The van der Waals surface area contributed by atoms with E-state index in [9.17, 15) is 10.2 Å². The Morgan fingerprint density at radius 1 is 1.17 bits per heavy atom. The van der Waals surface area contributed by atoms with Crippen LogP contribution in [0.25, 0.3) is 0 Å². The van der Waals surface area contributed by atoms with E-state index < -0.39 is 0 Å². The number of hydrogen-bond donors (Lipinski definition) is 2. The quantitative estimate of drug-likeness (QED) is 0.573. The Labute approximate surface area is 73.6 Å². The smallest absolute Gasteiger partial charge is 0.0672 e. The van der Waals surface area contributed by atoms with Crippen LogP contribution in [0.5, 0.6) is 0 Å². The Morgan fingerprint density at radius 2 is 1.75 bits per heavy atom. The van der Waals surface area contributed by atoms with E-state index in [1.165, 1.54) is 0 Å². The van der Waals surface area contributed by atoms with E-state index >= 15 is 0 Å². The number of fused-ring (bicyclic) bond motifs is 2. The van der Waals surface area contributed by atoms with Crippen LogP contribution < -0.4 is 0 Å². The molecule has 2 heteroatoms. The fourth-order valence-electron chi connectivity index (χ4n) is 3.22. The van der Waals surface area contributed by atoms with Crippen molar-refractivity contribution in [3.05, 3.63) is 0 Å². The summed E-state index contributed by atoms with van der Waals surface area (Å²) >= 11 is 0. The van der Waals surface area contributed by atoms with Crippen LogP contribution in [0.1, 0.15) is 33.6 Å². The lowest BCUT2D eigenvalue weighted by Gasteiger charge is -2.41. The molecule has 70 valence electrons. The van der Waals surface area contributed by atoms with Gasteiger partial charge >= 0.3 is 0 Å². The predicted molar refractivity (Wildman–Crippen MR) is 46.6 cm³/mol. The highest BCUT2D eigenvalue weighted by Crippen LogP contribution is 2.62. The van der Waals surface area contributed by atoms with Gasteiger partial charge in [-0.15, -0.1) is 0 Å². The third-order valence-electron chi connectivity index (χ3n) is 4.34. The number of hydrogen-bond acceptors (Lipinski definition) is 2. The van der Waals surface area contributed by atoms with Gasteiger partial charge in [0.1, 0.15) is 0 Å². The lowest BCUT2D eigenvalue weighted by molar-refractivity contribution is -0.0970. The molecule has 0 saturated heterocycles. The van der Waals surface area contributed by atoms with Crippen LogP contribution in [0.15, 0.2) is 0 Å². The van der Waals surface area contributed by atoms with Crippen LogP contribution in [0.2, 0.25) is 0 Å². The lowest BCUT2D eigenvalue weighted by atomic mass is 9.69. The molecular formula is C10H18O2. The Morgan fingerprint density at radius 3 is 2.08 bits per heavy atom.